The molecule has 3 aliphatic heterocycles. The summed E-state index contributed by atoms with van der Waals surface area (Å²) in [4.78, 5) is 35.4. The van der Waals surface area contributed by atoms with Crippen LogP contribution >= 0.6 is 23.2 Å². The summed E-state index contributed by atoms with van der Waals surface area (Å²) in [5, 5.41) is 11.6. The second-order valence-electron chi connectivity index (χ2n) is 14.1. The molecule has 8 rings (SSSR count). The van der Waals surface area contributed by atoms with Crippen molar-refractivity contribution >= 4 is 46.0 Å². The maximum atomic E-state index is 11.8. The third-order valence-corrected chi connectivity index (χ3v) is 11.2. The second kappa shape index (κ2) is 13.6. The third kappa shape index (κ3) is 6.46. The van der Waals surface area contributed by atoms with Crippen molar-refractivity contribution < 1.29 is 14.3 Å². The first-order chi connectivity index (χ1) is 24.7. The van der Waals surface area contributed by atoms with Crippen LogP contribution in [0.3, 0.4) is 0 Å². The zero-order valence-electron chi connectivity index (χ0n) is 28.6. The fourth-order valence-corrected chi connectivity index (χ4v) is 8.53. The standard InChI is InChI=1S/C39H39Cl2N7O3/c1-47-18-25(19-48-21-39(22-48)15-34(50)44-20-39)27-9-10-31(46-38(27)47)30-5-3-4-28(35(30)40)29-12-13-43-37(36(29)41)23-6-7-24(32(14-23)51-2)16-42-17-26-8-11-33(49)45-26/h3-7,9-10,12-14,18,26,42H,8,11,15-17,19-22H2,1-2H3,(H,44,50)(H,45,49). The van der Waals surface area contributed by atoms with Gasteiger partial charge in [0.1, 0.15) is 11.4 Å². The summed E-state index contributed by atoms with van der Waals surface area (Å²) in [6.07, 6.45) is 5.95. The average molecular weight is 725 g/mol. The van der Waals surface area contributed by atoms with Crippen molar-refractivity contribution in [3.63, 3.8) is 0 Å². The van der Waals surface area contributed by atoms with Gasteiger partial charge in [0, 0.05) is 116 Å². The van der Waals surface area contributed by atoms with Crippen LogP contribution in [0.4, 0.5) is 0 Å². The van der Waals surface area contributed by atoms with Crippen molar-refractivity contribution in [3.05, 3.63) is 88.2 Å². The minimum Gasteiger partial charge on any atom is -0.496 e. The molecule has 3 fully saturated rings. The molecular formula is C39H39Cl2N7O3. The number of amides is 2. The predicted octanol–water partition coefficient (Wildman–Crippen LogP) is 5.97. The van der Waals surface area contributed by atoms with Crippen molar-refractivity contribution in [2.75, 3.05) is 33.3 Å². The Labute approximate surface area is 306 Å². The van der Waals surface area contributed by atoms with Crippen LogP contribution in [0.25, 0.3) is 44.7 Å². The van der Waals surface area contributed by atoms with Crippen molar-refractivity contribution in [1.29, 1.82) is 0 Å². The molecule has 0 bridgehead atoms. The van der Waals surface area contributed by atoms with Gasteiger partial charge in [-0.15, -0.1) is 0 Å². The van der Waals surface area contributed by atoms with Gasteiger partial charge in [0.2, 0.25) is 11.8 Å². The van der Waals surface area contributed by atoms with E-state index in [-0.39, 0.29) is 23.3 Å². The van der Waals surface area contributed by atoms with E-state index in [4.69, 9.17) is 32.9 Å². The van der Waals surface area contributed by atoms with E-state index in [9.17, 15) is 9.59 Å². The predicted molar refractivity (Wildman–Crippen MR) is 200 cm³/mol. The summed E-state index contributed by atoms with van der Waals surface area (Å²) >= 11 is 14.3. The van der Waals surface area contributed by atoms with E-state index in [1.807, 2.05) is 55.6 Å². The fourth-order valence-electron chi connectivity index (χ4n) is 7.88. The number of ether oxygens (including phenoxy) is 1. The number of methoxy groups -OCH3 is 1. The van der Waals surface area contributed by atoms with Crippen LogP contribution in [-0.4, -0.2) is 70.6 Å². The molecule has 2 aromatic carbocycles. The number of carbonyl (C=O) groups excluding carboxylic acids is 2. The fraction of sp³-hybridized carbons (Fsp3) is 0.333. The van der Waals surface area contributed by atoms with E-state index in [2.05, 4.69) is 42.7 Å². The number of hydrogen-bond donors (Lipinski definition) is 3. The van der Waals surface area contributed by atoms with Crippen molar-refractivity contribution in [2.45, 2.75) is 38.4 Å². The lowest BCUT2D eigenvalue weighted by atomic mass is 9.79. The smallest absolute Gasteiger partial charge is 0.220 e. The molecule has 262 valence electrons. The lowest BCUT2D eigenvalue weighted by molar-refractivity contribution is -0.121. The van der Waals surface area contributed by atoms with Gasteiger partial charge in [-0.3, -0.25) is 19.5 Å². The lowest BCUT2D eigenvalue weighted by Crippen LogP contribution is -2.56. The highest BCUT2D eigenvalue weighted by Crippen LogP contribution is 2.43. The number of rotatable bonds is 10. The molecular weight excluding hydrogens is 685 g/mol. The SMILES string of the molecule is COc1cc(-c2nccc(-c3cccc(-c4ccc5c(CN6CC7(CNC(=O)C7)C6)cn(C)c5n4)c3Cl)c2Cl)ccc1CNCC1CCC(=O)N1. The van der Waals surface area contributed by atoms with Crippen LogP contribution in [0.2, 0.25) is 10.0 Å². The monoisotopic (exact) mass is 723 g/mol. The molecule has 1 unspecified atom stereocenters. The van der Waals surface area contributed by atoms with Crippen LogP contribution in [0, 0.1) is 5.41 Å². The Balaban J connectivity index is 1.02. The Kier molecular flexibility index (Phi) is 8.96. The van der Waals surface area contributed by atoms with Crippen LogP contribution in [0.1, 0.15) is 30.4 Å². The Bertz CT molecular complexity index is 2180. The third-order valence-electron chi connectivity index (χ3n) is 10.4. The first kappa shape index (κ1) is 33.7. The van der Waals surface area contributed by atoms with Crippen LogP contribution in [0.15, 0.2) is 67.0 Å². The van der Waals surface area contributed by atoms with Gasteiger partial charge in [-0.2, -0.15) is 0 Å². The number of likely N-dealkylation sites (tertiary alicyclic amines) is 1. The van der Waals surface area contributed by atoms with E-state index in [0.29, 0.717) is 41.7 Å². The highest BCUT2D eigenvalue weighted by atomic mass is 35.5. The number of nitrogens with one attached hydrogen (secondary N) is 3. The van der Waals surface area contributed by atoms with E-state index in [0.717, 1.165) is 82.9 Å². The minimum atomic E-state index is 0.0970. The maximum absolute atomic E-state index is 11.8. The molecule has 10 nitrogen and oxygen atoms in total. The Morgan fingerprint density at radius 1 is 1.00 bits per heavy atom. The number of pyridine rings is 2. The van der Waals surface area contributed by atoms with Crippen molar-refractivity contribution in [1.82, 2.24) is 35.4 Å². The minimum absolute atomic E-state index is 0.0970. The van der Waals surface area contributed by atoms with Gasteiger partial charge in [-0.05, 0) is 36.2 Å². The maximum Gasteiger partial charge on any atom is 0.220 e. The number of aryl methyl sites for hydroxylation is 1. The van der Waals surface area contributed by atoms with Gasteiger partial charge in [-0.1, -0.05) is 53.5 Å². The molecule has 3 saturated heterocycles. The number of nitrogens with zero attached hydrogens (tertiary/aromatic N) is 4. The Hall–Kier alpha value is -4.48. The summed E-state index contributed by atoms with van der Waals surface area (Å²) in [7, 11) is 3.67. The normalized spacial score (nSPS) is 18.3. The number of halogens is 2. The molecule has 51 heavy (non-hydrogen) atoms. The number of benzene rings is 2. The molecule has 0 saturated carbocycles. The topological polar surface area (TPSA) is 113 Å². The van der Waals surface area contributed by atoms with Gasteiger partial charge >= 0.3 is 0 Å². The van der Waals surface area contributed by atoms with Gasteiger partial charge in [-0.25, -0.2) is 4.98 Å². The molecule has 3 aromatic heterocycles. The first-order valence-corrected chi connectivity index (χ1v) is 18.0. The molecule has 1 spiro atoms. The molecule has 0 radical (unpaired) electrons. The summed E-state index contributed by atoms with van der Waals surface area (Å²) < 4.78 is 7.82. The van der Waals surface area contributed by atoms with E-state index in [1.54, 1.807) is 13.3 Å². The largest absolute Gasteiger partial charge is 0.496 e. The summed E-state index contributed by atoms with van der Waals surface area (Å²) in [6, 6.07) is 18.1. The average Bonchev–Trinajstić information content (AvgIpc) is 3.81. The van der Waals surface area contributed by atoms with Crippen LogP contribution < -0.4 is 20.7 Å². The second-order valence-corrected chi connectivity index (χ2v) is 14.8. The van der Waals surface area contributed by atoms with E-state index < -0.39 is 0 Å². The molecule has 1 atom stereocenters. The highest BCUT2D eigenvalue weighted by molar-refractivity contribution is 6.39. The van der Waals surface area contributed by atoms with Crippen molar-refractivity contribution in [2.24, 2.45) is 12.5 Å². The quantitative estimate of drug-likeness (QED) is 0.163. The Morgan fingerprint density at radius 3 is 2.59 bits per heavy atom. The molecule has 2 amide bonds. The summed E-state index contributed by atoms with van der Waals surface area (Å²) in [6.45, 7) is 4.75. The molecule has 3 N–H and O–H groups in total. The van der Waals surface area contributed by atoms with Crippen molar-refractivity contribution in [3.8, 4) is 39.4 Å². The van der Waals surface area contributed by atoms with Crippen LogP contribution in [0.5, 0.6) is 5.75 Å². The number of hydrogen-bond acceptors (Lipinski definition) is 7. The molecule has 0 aliphatic carbocycles. The zero-order chi connectivity index (χ0) is 35.3. The molecule has 6 heterocycles. The first-order valence-electron chi connectivity index (χ1n) is 17.3. The number of carbonyl (C=O) groups is 2. The van der Waals surface area contributed by atoms with Gasteiger partial charge < -0.3 is 25.3 Å². The van der Waals surface area contributed by atoms with E-state index >= 15 is 0 Å². The Morgan fingerprint density at radius 2 is 1.82 bits per heavy atom. The van der Waals surface area contributed by atoms with Gasteiger partial charge in [0.15, 0.2) is 0 Å². The number of aromatic nitrogens is 3. The lowest BCUT2D eigenvalue weighted by Gasteiger charge is -2.47. The molecule has 12 heteroatoms. The van der Waals surface area contributed by atoms with Gasteiger partial charge in [0.25, 0.3) is 0 Å². The summed E-state index contributed by atoms with van der Waals surface area (Å²) in [5.74, 6) is 0.993. The highest BCUT2D eigenvalue weighted by Gasteiger charge is 2.47. The van der Waals surface area contributed by atoms with Gasteiger partial charge in [0.05, 0.1) is 28.5 Å². The molecule has 3 aliphatic rings. The van der Waals surface area contributed by atoms with E-state index in [1.165, 1.54) is 5.56 Å². The number of fused-ring (bicyclic) bond motifs is 1. The summed E-state index contributed by atoms with van der Waals surface area (Å²) in [5.41, 5.74) is 7.79. The van der Waals surface area contributed by atoms with Crippen LogP contribution in [-0.2, 0) is 29.7 Å². The molecule has 5 aromatic rings. The zero-order valence-corrected chi connectivity index (χ0v) is 30.1.